The maximum Gasteiger partial charge on any atom is 0.119 e. The average molecular weight is 253 g/mol. The molecule has 18 heavy (non-hydrogen) atoms. The highest BCUT2D eigenvalue weighted by molar-refractivity contribution is 5.28. The molecule has 0 aliphatic heterocycles. The van der Waals surface area contributed by atoms with Crippen LogP contribution in [0, 0.1) is 0 Å². The topological polar surface area (TPSA) is 39.7 Å². The largest absolute Gasteiger partial charge is 0.494 e. The summed E-state index contributed by atoms with van der Waals surface area (Å²) in [6, 6.07) is 8.20. The number of rotatable bonds is 9. The van der Waals surface area contributed by atoms with E-state index in [2.05, 4.69) is 19.3 Å². The van der Waals surface area contributed by atoms with Crippen LogP contribution in [0.15, 0.2) is 24.3 Å². The zero-order valence-electron chi connectivity index (χ0n) is 11.4. The van der Waals surface area contributed by atoms with Gasteiger partial charge in [-0.1, -0.05) is 19.1 Å². The van der Waals surface area contributed by atoms with Crippen LogP contribution in [0.4, 0.5) is 0 Å². The van der Waals surface area contributed by atoms with Crippen LogP contribution in [-0.4, -0.2) is 26.9 Å². The fourth-order valence-corrected chi connectivity index (χ4v) is 1.45. The van der Waals surface area contributed by atoms with Crippen molar-refractivity contribution in [2.24, 2.45) is 0 Å². The molecule has 0 amide bonds. The van der Waals surface area contributed by atoms with Gasteiger partial charge in [-0.05, 0) is 31.0 Å². The fraction of sp³-hybridized carbons (Fsp3) is 0.571. The molecule has 0 aromatic heterocycles. The maximum atomic E-state index is 5.53. The van der Waals surface area contributed by atoms with Crippen molar-refractivity contribution in [1.29, 1.82) is 0 Å². The van der Waals surface area contributed by atoms with E-state index in [-0.39, 0.29) is 6.04 Å². The Labute approximate surface area is 109 Å². The van der Waals surface area contributed by atoms with Gasteiger partial charge in [0.15, 0.2) is 0 Å². The standard InChI is InChI=1S/C14H23NO3/c1-4-9-17-14-7-5-13(6-8-14)12(2)15-18-11-10-16-3/h5-8,12,15H,4,9-11H2,1-3H3. The van der Waals surface area contributed by atoms with Crippen LogP contribution in [0.5, 0.6) is 5.75 Å². The smallest absolute Gasteiger partial charge is 0.119 e. The van der Waals surface area contributed by atoms with Gasteiger partial charge in [0, 0.05) is 7.11 Å². The first kappa shape index (κ1) is 15.0. The molecule has 0 aliphatic rings. The van der Waals surface area contributed by atoms with E-state index in [1.165, 1.54) is 0 Å². The number of ether oxygens (including phenoxy) is 2. The molecule has 0 saturated heterocycles. The first-order valence-electron chi connectivity index (χ1n) is 6.37. The molecule has 0 radical (unpaired) electrons. The quantitative estimate of drug-likeness (QED) is 0.542. The second-order valence-corrected chi connectivity index (χ2v) is 4.10. The summed E-state index contributed by atoms with van der Waals surface area (Å²) in [4.78, 5) is 5.28. The third-order valence-corrected chi connectivity index (χ3v) is 2.50. The van der Waals surface area contributed by atoms with Crippen molar-refractivity contribution in [3.05, 3.63) is 29.8 Å². The Morgan fingerprint density at radius 2 is 1.83 bits per heavy atom. The molecule has 1 rings (SSSR count). The van der Waals surface area contributed by atoms with Crippen LogP contribution >= 0.6 is 0 Å². The molecule has 4 nitrogen and oxygen atoms in total. The molecule has 4 heteroatoms. The second-order valence-electron chi connectivity index (χ2n) is 4.10. The zero-order valence-corrected chi connectivity index (χ0v) is 11.4. The highest BCUT2D eigenvalue weighted by Gasteiger charge is 2.04. The molecule has 0 spiro atoms. The molecule has 1 aromatic carbocycles. The van der Waals surface area contributed by atoms with Gasteiger partial charge in [0.2, 0.25) is 0 Å². The molecule has 1 atom stereocenters. The van der Waals surface area contributed by atoms with Crippen LogP contribution in [0.25, 0.3) is 0 Å². The van der Waals surface area contributed by atoms with E-state index >= 15 is 0 Å². The minimum atomic E-state index is 0.141. The van der Waals surface area contributed by atoms with Gasteiger partial charge in [-0.15, -0.1) is 0 Å². The summed E-state index contributed by atoms with van der Waals surface area (Å²) in [5, 5.41) is 0. The SMILES string of the molecule is CCCOc1ccc(C(C)NOCCOC)cc1. The van der Waals surface area contributed by atoms with Gasteiger partial charge in [0.1, 0.15) is 5.75 Å². The molecule has 1 unspecified atom stereocenters. The van der Waals surface area contributed by atoms with Crippen LogP contribution in [-0.2, 0) is 9.57 Å². The van der Waals surface area contributed by atoms with E-state index in [4.69, 9.17) is 14.3 Å². The Bertz CT molecular complexity index is 313. The lowest BCUT2D eigenvalue weighted by Crippen LogP contribution is -2.21. The van der Waals surface area contributed by atoms with E-state index in [0.29, 0.717) is 13.2 Å². The lowest BCUT2D eigenvalue weighted by Gasteiger charge is -2.14. The van der Waals surface area contributed by atoms with E-state index in [1.807, 2.05) is 24.3 Å². The predicted octanol–water partition coefficient (Wildman–Crippen LogP) is 2.70. The Morgan fingerprint density at radius 3 is 2.44 bits per heavy atom. The predicted molar refractivity (Wildman–Crippen MR) is 71.6 cm³/mol. The number of methoxy groups -OCH3 is 1. The number of hydrogen-bond acceptors (Lipinski definition) is 4. The highest BCUT2D eigenvalue weighted by Crippen LogP contribution is 2.17. The number of hydroxylamine groups is 1. The Hall–Kier alpha value is -1.10. The Balaban J connectivity index is 2.36. The van der Waals surface area contributed by atoms with E-state index in [0.717, 1.165) is 24.3 Å². The van der Waals surface area contributed by atoms with E-state index in [9.17, 15) is 0 Å². The lowest BCUT2D eigenvalue weighted by atomic mass is 10.1. The van der Waals surface area contributed by atoms with Crippen molar-refractivity contribution in [2.75, 3.05) is 26.9 Å². The van der Waals surface area contributed by atoms with Gasteiger partial charge < -0.3 is 9.47 Å². The summed E-state index contributed by atoms with van der Waals surface area (Å²) in [5.74, 6) is 0.910. The Morgan fingerprint density at radius 1 is 1.11 bits per heavy atom. The van der Waals surface area contributed by atoms with Crippen LogP contribution in [0.1, 0.15) is 31.9 Å². The molecule has 0 fully saturated rings. The number of benzene rings is 1. The minimum absolute atomic E-state index is 0.141. The number of hydrogen-bond donors (Lipinski definition) is 1. The van der Waals surface area contributed by atoms with Crippen molar-refractivity contribution < 1.29 is 14.3 Å². The summed E-state index contributed by atoms with van der Waals surface area (Å²) in [6.07, 6.45) is 1.02. The molecule has 102 valence electrons. The van der Waals surface area contributed by atoms with Crippen molar-refractivity contribution in [1.82, 2.24) is 5.48 Å². The lowest BCUT2D eigenvalue weighted by molar-refractivity contribution is -0.00925. The minimum Gasteiger partial charge on any atom is -0.494 e. The summed E-state index contributed by atoms with van der Waals surface area (Å²) >= 11 is 0. The molecular weight excluding hydrogens is 230 g/mol. The van der Waals surface area contributed by atoms with Crippen LogP contribution in [0.2, 0.25) is 0 Å². The van der Waals surface area contributed by atoms with E-state index < -0.39 is 0 Å². The molecule has 0 aliphatic carbocycles. The summed E-state index contributed by atoms with van der Waals surface area (Å²) in [6.45, 7) is 6.03. The third kappa shape index (κ3) is 5.49. The van der Waals surface area contributed by atoms with Gasteiger partial charge >= 0.3 is 0 Å². The first-order valence-corrected chi connectivity index (χ1v) is 6.37. The van der Waals surface area contributed by atoms with Gasteiger partial charge in [0.05, 0.1) is 25.9 Å². The first-order chi connectivity index (χ1) is 8.77. The van der Waals surface area contributed by atoms with Gasteiger partial charge in [0.25, 0.3) is 0 Å². The maximum absolute atomic E-state index is 5.53. The molecule has 1 N–H and O–H groups in total. The van der Waals surface area contributed by atoms with Crippen molar-refractivity contribution in [3.63, 3.8) is 0 Å². The summed E-state index contributed by atoms with van der Waals surface area (Å²) in [7, 11) is 1.65. The Kier molecular flexibility index (Phi) is 7.41. The highest BCUT2D eigenvalue weighted by atomic mass is 16.7. The summed E-state index contributed by atoms with van der Waals surface area (Å²) in [5.41, 5.74) is 4.14. The monoisotopic (exact) mass is 253 g/mol. The fourth-order valence-electron chi connectivity index (χ4n) is 1.45. The molecule has 0 heterocycles. The van der Waals surface area contributed by atoms with Crippen molar-refractivity contribution in [2.45, 2.75) is 26.3 Å². The molecule has 0 saturated carbocycles. The van der Waals surface area contributed by atoms with Crippen molar-refractivity contribution in [3.8, 4) is 5.75 Å². The number of nitrogens with one attached hydrogen (secondary N) is 1. The zero-order chi connectivity index (χ0) is 13.2. The molecular formula is C14H23NO3. The summed E-state index contributed by atoms with van der Waals surface area (Å²) < 4.78 is 10.4. The molecule has 1 aromatic rings. The van der Waals surface area contributed by atoms with E-state index in [1.54, 1.807) is 7.11 Å². The third-order valence-electron chi connectivity index (χ3n) is 2.50. The van der Waals surface area contributed by atoms with Gasteiger partial charge in [-0.3, -0.25) is 4.84 Å². The van der Waals surface area contributed by atoms with Gasteiger partial charge in [-0.2, -0.15) is 5.48 Å². The van der Waals surface area contributed by atoms with Crippen LogP contribution in [0.3, 0.4) is 0 Å². The van der Waals surface area contributed by atoms with Crippen molar-refractivity contribution >= 4 is 0 Å². The van der Waals surface area contributed by atoms with Crippen LogP contribution < -0.4 is 10.2 Å². The second kappa shape index (κ2) is 8.91. The molecule has 0 bridgehead atoms. The van der Waals surface area contributed by atoms with Gasteiger partial charge in [-0.25, -0.2) is 0 Å². The normalized spacial score (nSPS) is 12.4. The average Bonchev–Trinajstić information content (AvgIpc) is 2.41.